The summed E-state index contributed by atoms with van der Waals surface area (Å²) in [6, 6.07) is 14.3. The fraction of sp³-hybridized carbons (Fsp3) is 0.353. The number of amides is 1. The Bertz CT molecular complexity index is 656. The average Bonchev–Trinajstić information content (AvgIpc) is 2.78. The molecule has 1 heterocycles. The molecule has 2 atom stereocenters. The van der Waals surface area contributed by atoms with E-state index in [0.29, 0.717) is 19.6 Å². The molecule has 1 aliphatic rings. The molecule has 1 amide bonds. The number of likely N-dealkylation sites (tertiary alicyclic amines) is 1. The van der Waals surface area contributed by atoms with Gasteiger partial charge in [0, 0.05) is 26.1 Å². The van der Waals surface area contributed by atoms with E-state index >= 15 is 0 Å². The topological polar surface area (TPSA) is 55.6 Å². The van der Waals surface area contributed by atoms with Crippen LogP contribution in [-0.4, -0.2) is 37.1 Å². The van der Waals surface area contributed by atoms with Gasteiger partial charge in [0.15, 0.2) is 0 Å². The first-order chi connectivity index (χ1) is 10.2. The van der Waals surface area contributed by atoms with Crippen molar-refractivity contribution in [1.29, 1.82) is 0 Å². The van der Waals surface area contributed by atoms with Crippen LogP contribution in [0.5, 0.6) is 0 Å². The van der Waals surface area contributed by atoms with E-state index in [9.17, 15) is 4.79 Å². The maximum Gasteiger partial charge on any atom is 0.224 e. The molecule has 1 saturated heterocycles. The maximum atomic E-state index is 12.1. The zero-order valence-corrected chi connectivity index (χ0v) is 12.2. The van der Waals surface area contributed by atoms with E-state index in [-0.39, 0.29) is 18.0 Å². The normalized spacial score (nSPS) is 22.2. The molecule has 0 saturated carbocycles. The van der Waals surface area contributed by atoms with Crippen LogP contribution >= 0.6 is 0 Å². The Hall–Kier alpha value is -1.91. The van der Waals surface area contributed by atoms with E-state index in [1.165, 1.54) is 10.8 Å². The fourth-order valence-electron chi connectivity index (χ4n) is 3.09. The summed E-state index contributed by atoms with van der Waals surface area (Å²) >= 11 is 0. The fourth-order valence-corrected chi connectivity index (χ4v) is 3.09. The first-order valence-electron chi connectivity index (χ1n) is 7.23. The molecule has 0 bridgehead atoms. The third kappa shape index (κ3) is 2.64. The van der Waals surface area contributed by atoms with Crippen molar-refractivity contribution in [3.05, 3.63) is 48.0 Å². The van der Waals surface area contributed by atoms with Crippen LogP contribution in [-0.2, 0) is 9.53 Å². The zero-order valence-electron chi connectivity index (χ0n) is 12.2. The molecule has 2 aromatic rings. The molecule has 0 radical (unpaired) electrons. The van der Waals surface area contributed by atoms with Crippen molar-refractivity contribution in [3.63, 3.8) is 0 Å². The molecule has 1 fully saturated rings. The second kappa shape index (κ2) is 5.84. The minimum Gasteiger partial charge on any atom is -0.383 e. The SMILES string of the molecule is COCCN1C(=O)CC(N)C1c1ccc2ccccc2c1. The highest BCUT2D eigenvalue weighted by molar-refractivity contribution is 5.84. The third-order valence-electron chi connectivity index (χ3n) is 4.12. The van der Waals surface area contributed by atoms with Gasteiger partial charge in [-0.2, -0.15) is 0 Å². The van der Waals surface area contributed by atoms with Gasteiger partial charge in [0.2, 0.25) is 5.91 Å². The summed E-state index contributed by atoms with van der Waals surface area (Å²) in [6.45, 7) is 1.11. The Morgan fingerprint density at radius 1 is 1.24 bits per heavy atom. The third-order valence-corrected chi connectivity index (χ3v) is 4.12. The Morgan fingerprint density at radius 3 is 2.76 bits per heavy atom. The number of fused-ring (bicyclic) bond motifs is 1. The molecule has 2 aromatic carbocycles. The molecular formula is C17H20N2O2. The summed E-state index contributed by atoms with van der Waals surface area (Å²) in [7, 11) is 1.64. The van der Waals surface area contributed by atoms with Crippen LogP contribution in [0.2, 0.25) is 0 Å². The zero-order chi connectivity index (χ0) is 14.8. The Kier molecular flexibility index (Phi) is 3.90. The number of rotatable bonds is 4. The highest BCUT2D eigenvalue weighted by Crippen LogP contribution is 2.33. The predicted molar refractivity (Wildman–Crippen MR) is 82.9 cm³/mol. The second-order valence-corrected chi connectivity index (χ2v) is 5.50. The van der Waals surface area contributed by atoms with Crippen molar-refractivity contribution in [1.82, 2.24) is 4.90 Å². The van der Waals surface area contributed by atoms with Gasteiger partial charge in [-0.1, -0.05) is 36.4 Å². The van der Waals surface area contributed by atoms with E-state index in [1.54, 1.807) is 7.11 Å². The van der Waals surface area contributed by atoms with Crippen LogP contribution in [0, 0.1) is 0 Å². The molecule has 4 nitrogen and oxygen atoms in total. The molecule has 0 aliphatic carbocycles. The Balaban J connectivity index is 1.96. The number of benzene rings is 2. The largest absolute Gasteiger partial charge is 0.383 e. The summed E-state index contributed by atoms with van der Waals surface area (Å²) in [5.41, 5.74) is 7.30. The monoisotopic (exact) mass is 284 g/mol. The molecule has 3 rings (SSSR count). The van der Waals surface area contributed by atoms with Crippen LogP contribution in [0.15, 0.2) is 42.5 Å². The molecule has 21 heavy (non-hydrogen) atoms. The van der Waals surface area contributed by atoms with E-state index in [0.717, 1.165) is 5.56 Å². The van der Waals surface area contributed by atoms with E-state index in [4.69, 9.17) is 10.5 Å². The van der Waals surface area contributed by atoms with E-state index in [2.05, 4.69) is 30.3 Å². The number of ether oxygens (including phenoxy) is 1. The number of nitrogens with zero attached hydrogens (tertiary/aromatic N) is 1. The lowest BCUT2D eigenvalue weighted by Crippen LogP contribution is -2.35. The molecule has 0 spiro atoms. The second-order valence-electron chi connectivity index (χ2n) is 5.50. The predicted octanol–water partition coefficient (Wildman–Crippen LogP) is 2.09. The van der Waals surface area contributed by atoms with Crippen LogP contribution < -0.4 is 5.73 Å². The number of hydrogen-bond donors (Lipinski definition) is 1. The lowest BCUT2D eigenvalue weighted by Gasteiger charge is -2.27. The first-order valence-corrected chi connectivity index (χ1v) is 7.23. The van der Waals surface area contributed by atoms with Crippen molar-refractivity contribution < 1.29 is 9.53 Å². The number of nitrogens with two attached hydrogens (primary N) is 1. The van der Waals surface area contributed by atoms with Crippen LogP contribution in [0.1, 0.15) is 18.0 Å². The van der Waals surface area contributed by atoms with Gasteiger partial charge < -0.3 is 15.4 Å². The van der Waals surface area contributed by atoms with Crippen molar-refractivity contribution in [2.24, 2.45) is 5.73 Å². The lowest BCUT2D eigenvalue weighted by atomic mass is 9.97. The van der Waals surface area contributed by atoms with Crippen molar-refractivity contribution in [3.8, 4) is 0 Å². The highest BCUT2D eigenvalue weighted by atomic mass is 16.5. The number of methoxy groups -OCH3 is 1. The van der Waals surface area contributed by atoms with E-state index < -0.39 is 0 Å². The molecule has 0 aromatic heterocycles. The molecule has 2 N–H and O–H groups in total. The Morgan fingerprint density at radius 2 is 2.00 bits per heavy atom. The molecule has 110 valence electrons. The minimum atomic E-state index is -0.157. The van der Waals surface area contributed by atoms with Gasteiger partial charge in [-0.3, -0.25) is 4.79 Å². The van der Waals surface area contributed by atoms with Crippen LogP contribution in [0.4, 0.5) is 0 Å². The lowest BCUT2D eigenvalue weighted by molar-refractivity contribution is -0.129. The van der Waals surface area contributed by atoms with Gasteiger partial charge in [0.05, 0.1) is 12.6 Å². The summed E-state index contributed by atoms with van der Waals surface area (Å²) in [5, 5.41) is 2.37. The summed E-state index contributed by atoms with van der Waals surface area (Å²) < 4.78 is 5.11. The van der Waals surface area contributed by atoms with Gasteiger partial charge in [0.1, 0.15) is 0 Å². The number of carbonyl (C=O) groups excluding carboxylic acids is 1. The average molecular weight is 284 g/mol. The summed E-state index contributed by atoms with van der Waals surface area (Å²) in [6.07, 6.45) is 0.404. The van der Waals surface area contributed by atoms with Gasteiger partial charge in [0.25, 0.3) is 0 Å². The minimum absolute atomic E-state index is 0.0581. The number of hydrogen-bond acceptors (Lipinski definition) is 3. The summed E-state index contributed by atoms with van der Waals surface area (Å²) in [5.74, 6) is 0.109. The van der Waals surface area contributed by atoms with Gasteiger partial charge in [-0.05, 0) is 22.4 Å². The number of carbonyl (C=O) groups is 1. The van der Waals surface area contributed by atoms with Gasteiger partial charge in [-0.15, -0.1) is 0 Å². The molecule has 4 heteroatoms. The smallest absolute Gasteiger partial charge is 0.224 e. The maximum absolute atomic E-state index is 12.1. The molecule has 1 aliphatic heterocycles. The van der Waals surface area contributed by atoms with Crippen LogP contribution in [0.3, 0.4) is 0 Å². The quantitative estimate of drug-likeness (QED) is 0.935. The highest BCUT2D eigenvalue weighted by Gasteiger charge is 2.38. The van der Waals surface area contributed by atoms with Gasteiger partial charge in [-0.25, -0.2) is 0 Å². The van der Waals surface area contributed by atoms with Crippen LogP contribution in [0.25, 0.3) is 10.8 Å². The molecule has 2 unspecified atom stereocenters. The van der Waals surface area contributed by atoms with Crippen molar-refractivity contribution in [2.45, 2.75) is 18.5 Å². The molecular weight excluding hydrogens is 264 g/mol. The van der Waals surface area contributed by atoms with E-state index in [1.807, 2.05) is 17.0 Å². The first kappa shape index (κ1) is 14.0. The van der Waals surface area contributed by atoms with Crippen molar-refractivity contribution >= 4 is 16.7 Å². The standard InChI is InChI=1S/C17H20N2O2/c1-21-9-8-19-16(20)11-15(18)17(19)14-7-6-12-4-2-3-5-13(12)10-14/h2-7,10,15,17H,8-9,11,18H2,1H3. The summed E-state index contributed by atoms with van der Waals surface area (Å²) in [4.78, 5) is 14.0. The van der Waals surface area contributed by atoms with Crippen molar-refractivity contribution in [2.75, 3.05) is 20.3 Å². The van der Waals surface area contributed by atoms with Gasteiger partial charge >= 0.3 is 0 Å². The Labute approximate surface area is 124 Å².